The van der Waals surface area contributed by atoms with Crippen molar-refractivity contribution in [1.82, 2.24) is 9.80 Å². The number of rotatable bonds is 3. The van der Waals surface area contributed by atoms with Crippen molar-refractivity contribution in [2.45, 2.75) is 52.1 Å². The summed E-state index contributed by atoms with van der Waals surface area (Å²) in [6, 6.07) is 1.66. The molecular formula is C13H26N2. The van der Waals surface area contributed by atoms with Gasteiger partial charge in [0.15, 0.2) is 0 Å². The molecule has 0 aromatic heterocycles. The van der Waals surface area contributed by atoms with Gasteiger partial charge in [0.05, 0.1) is 0 Å². The Morgan fingerprint density at radius 3 is 2.73 bits per heavy atom. The number of piperazine rings is 1. The van der Waals surface area contributed by atoms with E-state index in [1.807, 2.05) is 0 Å². The fourth-order valence-corrected chi connectivity index (χ4v) is 3.09. The third-order valence-electron chi connectivity index (χ3n) is 4.66. The summed E-state index contributed by atoms with van der Waals surface area (Å²) in [5.41, 5.74) is 0. The van der Waals surface area contributed by atoms with E-state index in [4.69, 9.17) is 0 Å². The van der Waals surface area contributed by atoms with E-state index in [-0.39, 0.29) is 0 Å². The maximum absolute atomic E-state index is 2.72. The Hall–Kier alpha value is -0.0800. The highest BCUT2D eigenvalue weighted by atomic mass is 15.3. The quantitative estimate of drug-likeness (QED) is 0.704. The predicted octanol–water partition coefficient (Wildman–Crippen LogP) is 2.20. The van der Waals surface area contributed by atoms with Crippen molar-refractivity contribution in [2.75, 3.05) is 26.2 Å². The molecule has 2 nitrogen and oxygen atoms in total. The van der Waals surface area contributed by atoms with Gasteiger partial charge in [-0.1, -0.05) is 20.3 Å². The molecule has 0 aromatic carbocycles. The normalized spacial score (nSPS) is 32.6. The summed E-state index contributed by atoms with van der Waals surface area (Å²) >= 11 is 0. The maximum Gasteiger partial charge on any atom is 0.0224 e. The van der Waals surface area contributed by atoms with E-state index >= 15 is 0 Å². The third-order valence-corrected chi connectivity index (χ3v) is 4.66. The molecule has 3 unspecified atom stereocenters. The van der Waals surface area contributed by atoms with Crippen molar-refractivity contribution in [1.29, 1.82) is 0 Å². The molecule has 0 spiro atoms. The monoisotopic (exact) mass is 210 g/mol. The van der Waals surface area contributed by atoms with Gasteiger partial charge in [0, 0.05) is 31.7 Å². The molecule has 2 fully saturated rings. The summed E-state index contributed by atoms with van der Waals surface area (Å²) in [5.74, 6) is 0.845. The average Bonchev–Trinajstić information content (AvgIpc) is 2.73. The van der Waals surface area contributed by atoms with Gasteiger partial charge in [0.1, 0.15) is 0 Å². The van der Waals surface area contributed by atoms with Crippen LogP contribution in [0.2, 0.25) is 0 Å². The molecule has 0 aromatic rings. The predicted molar refractivity (Wildman–Crippen MR) is 65.1 cm³/mol. The first-order valence-corrected chi connectivity index (χ1v) is 6.70. The van der Waals surface area contributed by atoms with Crippen LogP contribution in [0, 0.1) is 5.92 Å². The lowest BCUT2D eigenvalue weighted by Crippen LogP contribution is -2.54. The number of fused-ring (bicyclic) bond motifs is 1. The van der Waals surface area contributed by atoms with Crippen LogP contribution < -0.4 is 0 Å². The Kier molecular flexibility index (Phi) is 3.68. The first-order valence-electron chi connectivity index (χ1n) is 6.70. The van der Waals surface area contributed by atoms with Crippen LogP contribution in [-0.4, -0.2) is 48.1 Å². The molecule has 0 radical (unpaired) electrons. The fourth-order valence-electron chi connectivity index (χ4n) is 3.09. The Labute approximate surface area is 94.6 Å². The van der Waals surface area contributed by atoms with Crippen LogP contribution in [0.25, 0.3) is 0 Å². The van der Waals surface area contributed by atoms with Gasteiger partial charge in [-0.2, -0.15) is 0 Å². The van der Waals surface area contributed by atoms with Crippen molar-refractivity contribution >= 4 is 0 Å². The third kappa shape index (κ3) is 2.36. The van der Waals surface area contributed by atoms with E-state index < -0.39 is 0 Å². The van der Waals surface area contributed by atoms with Gasteiger partial charge in [0.25, 0.3) is 0 Å². The molecule has 0 amide bonds. The second-order valence-corrected chi connectivity index (χ2v) is 5.45. The van der Waals surface area contributed by atoms with Gasteiger partial charge in [-0.25, -0.2) is 0 Å². The highest BCUT2D eigenvalue weighted by molar-refractivity contribution is 4.89. The minimum Gasteiger partial charge on any atom is -0.298 e. The largest absolute Gasteiger partial charge is 0.298 e. The maximum atomic E-state index is 2.72. The Morgan fingerprint density at radius 1 is 1.20 bits per heavy atom. The van der Waals surface area contributed by atoms with Gasteiger partial charge >= 0.3 is 0 Å². The zero-order chi connectivity index (χ0) is 10.8. The van der Waals surface area contributed by atoms with Gasteiger partial charge in [-0.3, -0.25) is 9.80 Å². The van der Waals surface area contributed by atoms with Crippen LogP contribution in [0.1, 0.15) is 40.0 Å². The average molecular weight is 210 g/mol. The zero-order valence-corrected chi connectivity index (χ0v) is 10.6. The summed E-state index contributed by atoms with van der Waals surface area (Å²) in [5, 5.41) is 0. The van der Waals surface area contributed by atoms with Gasteiger partial charge < -0.3 is 0 Å². The van der Waals surface area contributed by atoms with Gasteiger partial charge in [0.2, 0.25) is 0 Å². The fraction of sp³-hybridized carbons (Fsp3) is 1.00. The minimum atomic E-state index is 0.776. The molecule has 2 aliphatic heterocycles. The lowest BCUT2D eigenvalue weighted by Gasteiger charge is -2.42. The highest BCUT2D eigenvalue weighted by Crippen LogP contribution is 2.24. The molecule has 0 saturated carbocycles. The first-order chi connectivity index (χ1) is 7.22. The molecule has 2 heteroatoms. The lowest BCUT2D eigenvalue weighted by molar-refractivity contribution is 0.0579. The minimum absolute atomic E-state index is 0.776. The van der Waals surface area contributed by atoms with Crippen LogP contribution in [0.15, 0.2) is 0 Å². The smallest absolute Gasteiger partial charge is 0.0224 e. The number of nitrogens with zero attached hydrogens (tertiary/aromatic N) is 2. The van der Waals surface area contributed by atoms with Crippen LogP contribution in [-0.2, 0) is 0 Å². The van der Waals surface area contributed by atoms with E-state index in [0.717, 1.165) is 18.0 Å². The molecule has 0 N–H and O–H groups in total. The van der Waals surface area contributed by atoms with E-state index in [0.29, 0.717) is 0 Å². The molecular weight excluding hydrogens is 184 g/mol. The van der Waals surface area contributed by atoms with Crippen molar-refractivity contribution < 1.29 is 0 Å². The summed E-state index contributed by atoms with van der Waals surface area (Å²) in [7, 11) is 0. The second-order valence-electron chi connectivity index (χ2n) is 5.45. The van der Waals surface area contributed by atoms with Crippen LogP contribution >= 0.6 is 0 Å². The SMILES string of the molecule is CCC(C)C(C)N1CCN2CCCC2C1. The van der Waals surface area contributed by atoms with E-state index in [1.165, 1.54) is 45.4 Å². The zero-order valence-electron chi connectivity index (χ0n) is 10.6. The van der Waals surface area contributed by atoms with Crippen molar-refractivity contribution in [3.8, 4) is 0 Å². The van der Waals surface area contributed by atoms with Gasteiger partial charge in [-0.05, 0) is 32.2 Å². The van der Waals surface area contributed by atoms with E-state index in [1.54, 1.807) is 0 Å². The Bertz CT molecular complexity index is 205. The van der Waals surface area contributed by atoms with Crippen LogP contribution in [0.5, 0.6) is 0 Å². The highest BCUT2D eigenvalue weighted by Gasteiger charge is 2.32. The molecule has 2 heterocycles. The lowest BCUT2D eigenvalue weighted by atomic mass is 9.97. The molecule has 88 valence electrons. The summed E-state index contributed by atoms with van der Waals surface area (Å²) < 4.78 is 0. The summed E-state index contributed by atoms with van der Waals surface area (Å²) in [4.78, 5) is 5.42. The van der Waals surface area contributed by atoms with Crippen LogP contribution in [0.4, 0.5) is 0 Å². The molecule has 2 aliphatic rings. The molecule has 0 aliphatic carbocycles. The molecule has 15 heavy (non-hydrogen) atoms. The topological polar surface area (TPSA) is 6.48 Å². The molecule has 3 atom stereocenters. The molecule has 0 bridgehead atoms. The summed E-state index contributed by atoms with van der Waals surface area (Å²) in [6.45, 7) is 12.4. The molecule has 2 rings (SSSR count). The van der Waals surface area contributed by atoms with E-state index in [2.05, 4.69) is 30.6 Å². The van der Waals surface area contributed by atoms with Crippen molar-refractivity contribution in [2.24, 2.45) is 5.92 Å². The van der Waals surface area contributed by atoms with E-state index in [9.17, 15) is 0 Å². The first kappa shape index (κ1) is 11.4. The van der Waals surface area contributed by atoms with Crippen LogP contribution in [0.3, 0.4) is 0 Å². The summed E-state index contributed by atoms with van der Waals surface area (Å²) in [6.07, 6.45) is 4.17. The van der Waals surface area contributed by atoms with Crippen molar-refractivity contribution in [3.63, 3.8) is 0 Å². The second kappa shape index (κ2) is 4.84. The number of hydrogen-bond donors (Lipinski definition) is 0. The standard InChI is InChI=1S/C13H26N2/c1-4-11(2)12(3)15-9-8-14-7-5-6-13(14)10-15/h11-13H,4-10H2,1-3H3. The Balaban J connectivity index is 1.89. The molecule has 2 saturated heterocycles. The Morgan fingerprint density at radius 2 is 2.00 bits per heavy atom. The van der Waals surface area contributed by atoms with Crippen molar-refractivity contribution in [3.05, 3.63) is 0 Å². The number of hydrogen-bond acceptors (Lipinski definition) is 2. The van der Waals surface area contributed by atoms with Gasteiger partial charge in [-0.15, -0.1) is 0 Å².